The molecule has 0 amide bonds. The summed E-state index contributed by atoms with van der Waals surface area (Å²) in [4.78, 5) is 39.2. The van der Waals surface area contributed by atoms with Gasteiger partial charge in [-0.1, -0.05) is 39.8 Å². The van der Waals surface area contributed by atoms with E-state index in [9.17, 15) is 19.5 Å². The molecule has 0 bridgehead atoms. The third-order valence-electron chi connectivity index (χ3n) is 10.3. The summed E-state index contributed by atoms with van der Waals surface area (Å²) in [6.45, 7) is 10.2. The van der Waals surface area contributed by atoms with Crippen LogP contribution in [0.25, 0.3) is 0 Å². The summed E-state index contributed by atoms with van der Waals surface area (Å²) in [6.07, 6.45) is 7.71. The van der Waals surface area contributed by atoms with Crippen molar-refractivity contribution in [2.45, 2.75) is 71.9 Å². The SMILES string of the molecule is CC1(C)C(=O)C=C[C@@]2(C)C3=CC[C@]4(C)[C@@H](C5=C[C@H](O)OC5=O)C[C@@H]5O[C@@]54[C@@]3(C)C(=O)C[C@H]12. The van der Waals surface area contributed by atoms with Crippen LogP contribution in [-0.4, -0.2) is 40.6 Å². The zero-order chi connectivity index (χ0) is 23.1. The fourth-order valence-electron chi connectivity index (χ4n) is 8.58. The number of Topliss-reactive ketones (excluding diaryl/α,β-unsaturated/α-hetero) is 1. The van der Waals surface area contributed by atoms with E-state index in [0.717, 1.165) is 5.57 Å². The van der Waals surface area contributed by atoms with E-state index in [1.807, 2.05) is 26.8 Å². The van der Waals surface area contributed by atoms with Gasteiger partial charge in [-0.05, 0) is 43.4 Å². The van der Waals surface area contributed by atoms with Crippen molar-refractivity contribution in [1.82, 2.24) is 0 Å². The number of ketones is 2. The number of aliphatic hydroxyl groups is 1. The lowest BCUT2D eigenvalue weighted by Crippen LogP contribution is -2.64. The minimum Gasteiger partial charge on any atom is -0.429 e. The van der Waals surface area contributed by atoms with Gasteiger partial charge in [-0.2, -0.15) is 0 Å². The molecule has 6 rings (SSSR count). The summed E-state index contributed by atoms with van der Waals surface area (Å²) in [5.74, 6) is -0.518. The number of hydrogen-bond donors (Lipinski definition) is 1. The van der Waals surface area contributed by atoms with Crippen molar-refractivity contribution in [3.63, 3.8) is 0 Å². The van der Waals surface area contributed by atoms with Gasteiger partial charge in [-0.25, -0.2) is 4.79 Å². The number of rotatable bonds is 1. The van der Waals surface area contributed by atoms with E-state index in [4.69, 9.17) is 9.47 Å². The predicted molar refractivity (Wildman–Crippen MR) is 114 cm³/mol. The van der Waals surface area contributed by atoms with Crippen LogP contribution in [-0.2, 0) is 23.9 Å². The Morgan fingerprint density at radius 3 is 2.47 bits per heavy atom. The molecule has 6 heteroatoms. The first kappa shape index (κ1) is 20.5. The van der Waals surface area contributed by atoms with Gasteiger partial charge in [0, 0.05) is 34.2 Å². The minimum absolute atomic E-state index is 0.0718. The molecular formula is C26H30O6. The lowest BCUT2D eigenvalue weighted by Gasteiger charge is -2.61. The van der Waals surface area contributed by atoms with Gasteiger partial charge < -0.3 is 14.6 Å². The highest BCUT2D eigenvalue weighted by Crippen LogP contribution is 2.79. The van der Waals surface area contributed by atoms with Crippen molar-refractivity contribution in [2.75, 3.05) is 0 Å². The zero-order valence-corrected chi connectivity index (χ0v) is 19.2. The van der Waals surface area contributed by atoms with Crippen molar-refractivity contribution in [2.24, 2.45) is 33.5 Å². The fourth-order valence-corrected chi connectivity index (χ4v) is 8.58. The number of esters is 1. The lowest BCUT2D eigenvalue weighted by molar-refractivity contribution is -0.152. The highest BCUT2D eigenvalue weighted by Gasteiger charge is 2.85. The summed E-state index contributed by atoms with van der Waals surface area (Å²) in [5, 5.41) is 9.85. The average molecular weight is 439 g/mol. The third kappa shape index (κ3) is 1.92. The van der Waals surface area contributed by atoms with Crippen LogP contribution in [0.2, 0.25) is 0 Å². The monoisotopic (exact) mass is 438 g/mol. The fraction of sp³-hybridized carbons (Fsp3) is 0.654. The molecule has 4 aliphatic carbocycles. The van der Waals surface area contributed by atoms with Gasteiger partial charge in [-0.3, -0.25) is 9.59 Å². The van der Waals surface area contributed by atoms with Crippen molar-refractivity contribution < 1.29 is 29.0 Å². The van der Waals surface area contributed by atoms with Gasteiger partial charge in [0.25, 0.3) is 0 Å². The summed E-state index contributed by atoms with van der Waals surface area (Å²) in [5.41, 5.74) is -1.43. The number of fused-ring (bicyclic) bond motifs is 3. The number of hydrogen-bond acceptors (Lipinski definition) is 6. The van der Waals surface area contributed by atoms with Crippen LogP contribution >= 0.6 is 0 Å². The highest BCUT2D eigenvalue weighted by molar-refractivity contribution is 6.00. The first-order chi connectivity index (χ1) is 14.8. The van der Waals surface area contributed by atoms with Gasteiger partial charge in [0.05, 0.1) is 11.5 Å². The molecule has 6 nitrogen and oxygen atoms in total. The molecule has 1 spiro atoms. The second kappa shape index (κ2) is 5.53. The van der Waals surface area contributed by atoms with Crippen LogP contribution in [0.1, 0.15) is 53.9 Å². The van der Waals surface area contributed by atoms with Crippen LogP contribution in [0.4, 0.5) is 0 Å². The normalized spacial score (nSPS) is 52.4. The molecule has 2 heterocycles. The Kier molecular flexibility index (Phi) is 3.55. The van der Waals surface area contributed by atoms with Crippen LogP contribution in [0, 0.1) is 33.5 Å². The maximum Gasteiger partial charge on any atom is 0.336 e. The van der Waals surface area contributed by atoms with E-state index >= 15 is 0 Å². The number of aliphatic hydroxyl groups excluding tert-OH is 1. The summed E-state index contributed by atoms with van der Waals surface area (Å²) >= 11 is 0. The van der Waals surface area contributed by atoms with E-state index < -0.39 is 39.5 Å². The number of allylic oxidation sites excluding steroid dienone is 3. The molecule has 170 valence electrons. The van der Waals surface area contributed by atoms with E-state index in [2.05, 4.69) is 19.9 Å². The molecule has 0 aromatic heterocycles. The minimum atomic E-state index is -1.21. The van der Waals surface area contributed by atoms with E-state index in [-0.39, 0.29) is 29.5 Å². The van der Waals surface area contributed by atoms with Crippen molar-refractivity contribution >= 4 is 17.5 Å². The topological polar surface area (TPSA) is 93.2 Å². The summed E-state index contributed by atoms with van der Waals surface area (Å²) in [7, 11) is 0. The lowest BCUT2D eigenvalue weighted by atomic mass is 9.40. The Balaban J connectivity index is 1.52. The molecule has 2 saturated carbocycles. The Morgan fingerprint density at radius 2 is 1.81 bits per heavy atom. The molecule has 32 heavy (non-hydrogen) atoms. The van der Waals surface area contributed by atoms with Crippen LogP contribution in [0.15, 0.2) is 35.5 Å². The first-order valence-corrected chi connectivity index (χ1v) is 11.6. The number of carbonyl (C=O) groups excluding carboxylic acids is 3. The Morgan fingerprint density at radius 1 is 1.09 bits per heavy atom. The number of epoxide rings is 1. The molecule has 6 aliphatic rings. The highest BCUT2D eigenvalue weighted by atomic mass is 16.6. The van der Waals surface area contributed by atoms with Gasteiger partial charge in [-0.15, -0.1) is 0 Å². The summed E-state index contributed by atoms with van der Waals surface area (Å²) in [6, 6.07) is 0. The molecule has 1 saturated heterocycles. The first-order valence-electron chi connectivity index (χ1n) is 11.6. The smallest absolute Gasteiger partial charge is 0.336 e. The largest absolute Gasteiger partial charge is 0.429 e. The number of ether oxygens (including phenoxy) is 2. The zero-order valence-electron chi connectivity index (χ0n) is 19.2. The molecule has 3 fully saturated rings. The Bertz CT molecular complexity index is 1100. The van der Waals surface area contributed by atoms with Crippen LogP contribution in [0.5, 0.6) is 0 Å². The second-order valence-corrected chi connectivity index (χ2v) is 11.8. The number of carbonyl (C=O) groups is 3. The van der Waals surface area contributed by atoms with Gasteiger partial charge in [0.1, 0.15) is 11.4 Å². The molecule has 1 N–H and O–H groups in total. The molecule has 0 aromatic carbocycles. The van der Waals surface area contributed by atoms with E-state index in [1.54, 1.807) is 6.08 Å². The van der Waals surface area contributed by atoms with Crippen LogP contribution in [0.3, 0.4) is 0 Å². The van der Waals surface area contributed by atoms with Gasteiger partial charge >= 0.3 is 5.97 Å². The molecule has 2 aliphatic heterocycles. The van der Waals surface area contributed by atoms with Crippen molar-refractivity contribution in [3.8, 4) is 0 Å². The maximum absolute atomic E-state index is 14.0. The van der Waals surface area contributed by atoms with Gasteiger partial charge in [0.2, 0.25) is 6.29 Å². The maximum atomic E-state index is 14.0. The molecular weight excluding hydrogens is 408 g/mol. The van der Waals surface area contributed by atoms with Crippen LogP contribution < -0.4 is 0 Å². The molecule has 0 aromatic rings. The quantitative estimate of drug-likeness (QED) is 0.384. The third-order valence-corrected chi connectivity index (χ3v) is 10.3. The molecule has 0 unspecified atom stereocenters. The Hall–Kier alpha value is -2.05. The van der Waals surface area contributed by atoms with E-state index in [0.29, 0.717) is 24.8 Å². The van der Waals surface area contributed by atoms with E-state index in [1.165, 1.54) is 6.08 Å². The second-order valence-electron chi connectivity index (χ2n) is 11.8. The summed E-state index contributed by atoms with van der Waals surface area (Å²) < 4.78 is 11.4. The average Bonchev–Trinajstić information content (AvgIpc) is 3.27. The number of cyclic esters (lactones) is 1. The Labute approximate surface area is 187 Å². The molecule has 8 atom stereocenters. The predicted octanol–water partition coefficient (Wildman–Crippen LogP) is 3.05. The molecule has 0 radical (unpaired) electrons. The van der Waals surface area contributed by atoms with Gasteiger partial charge in [0.15, 0.2) is 5.78 Å². The van der Waals surface area contributed by atoms with Crippen molar-refractivity contribution in [3.05, 3.63) is 35.5 Å². The van der Waals surface area contributed by atoms with Crippen molar-refractivity contribution in [1.29, 1.82) is 0 Å². The standard InChI is InChI=1S/C26H30O6/c1-22(2)16-12-18(28)25(5)15(23(16,3)8-7-17(22)27)6-9-24(4)14(11-19-26(24,25)32-19)13-10-20(29)31-21(13)30/h6-8,10,14,16,19-20,29H,9,11-12H2,1-5H3/t14-,16-,19+,20-,23+,24-,25-,26+/m1/s1.